The standard InChI is InChI=1S/C25H33N3O4S2/c1-6-27(7-2)15-16-28(25-26-24-19(4)18(3)8-13-22(24)33-25)23(29)14-17-34(30,31)21-11-9-20(32-5)10-12-21/h8-13H,6-7,14-17H2,1-5H3. The van der Waals surface area contributed by atoms with Crippen LogP contribution < -0.4 is 9.64 Å². The van der Waals surface area contributed by atoms with Crippen LogP contribution in [0.3, 0.4) is 0 Å². The van der Waals surface area contributed by atoms with Crippen molar-refractivity contribution in [1.29, 1.82) is 0 Å². The van der Waals surface area contributed by atoms with Gasteiger partial charge in [-0.25, -0.2) is 13.4 Å². The van der Waals surface area contributed by atoms with E-state index in [2.05, 4.69) is 24.8 Å². The molecule has 0 spiro atoms. The quantitative estimate of drug-likeness (QED) is 0.384. The van der Waals surface area contributed by atoms with Crippen molar-refractivity contribution in [2.45, 2.75) is 39.0 Å². The number of carbonyl (C=O) groups is 1. The van der Waals surface area contributed by atoms with Gasteiger partial charge in [-0.15, -0.1) is 0 Å². The molecule has 1 aromatic heterocycles. The second kappa shape index (κ2) is 11.3. The molecule has 7 nitrogen and oxygen atoms in total. The van der Waals surface area contributed by atoms with Crippen LogP contribution in [-0.4, -0.2) is 63.3 Å². The molecule has 0 saturated carbocycles. The lowest BCUT2D eigenvalue weighted by atomic mass is 10.1. The number of hydrogen-bond acceptors (Lipinski definition) is 7. The lowest BCUT2D eigenvalue weighted by molar-refractivity contribution is -0.118. The minimum absolute atomic E-state index is 0.111. The summed E-state index contributed by atoms with van der Waals surface area (Å²) in [7, 11) is -2.08. The number of aryl methyl sites for hydroxylation is 2. The van der Waals surface area contributed by atoms with Crippen molar-refractivity contribution in [2.24, 2.45) is 0 Å². The fraction of sp³-hybridized carbons (Fsp3) is 0.440. The second-order valence-electron chi connectivity index (χ2n) is 8.17. The molecule has 0 fully saturated rings. The van der Waals surface area contributed by atoms with Crippen LogP contribution in [0.1, 0.15) is 31.4 Å². The highest BCUT2D eigenvalue weighted by Gasteiger charge is 2.24. The Morgan fingerprint density at radius 1 is 1.03 bits per heavy atom. The van der Waals surface area contributed by atoms with E-state index in [1.165, 1.54) is 30.6 Å². The van der Waals surface area contributed by atoms with Crippen molar-refractivity contribution >= 4 is 42.4 Å². The van der Waals surface area contributed by atoms with Gasteiger partial charge in [0.25, 0.3) is 0 Å². The predicted octanol–water partition coefficient (Wildman–Crippen LogP) is 4.46. The number of nitrogens with zero attached hydrogens (tertiary/aromatic N) is 3. The molecule has 0 radical (unpaired) electrons. The third-order valence-electron chi connectivity index (χ3n) is 6.14. The maximum atomic E-state index is 13.3. The number of benzene rings is 2. The van der Waals surface area contributed by atoms with Crippen molar-refractivity contribution in [3.8, 4) is 5.75 Å². The lowest BCUT2D eigenvalue weighted by Gasteiger charge is -2.24. The number of amides is 1. The average Bonchev–Trinajstić information content (AvgIpc) is 3.27. The van der Waals surface area contributed by atoms with Crippen molar-refractivity contribution in [1.82, 2.24) is 9.88 Å². The van der Waals surface area contributed by atoms with Crippen LogP contribution in [0.5, 0.6) is 5.75 Å². The SMILES string of the molecule is CCN(CC)CCN(C(=O)CCS(=O)(=O)c1ccc(OC)cc1)c1nc2c(C)c(C)ccc2s1. The molecular weight excluding hydrogens is 470 g/mol. The molecule has 0 bridgehead atoms. The van der Waals surface area contributed by atoms with E-state index in [4.69, 9.17) is 9.72 Å². The van der Waals surface area contributed by atoms with Crippen molar-refractivity contribution in [3.05, 3.63) is 47.5 Å². The van der Waals surface area contributed by atoms with Gasteiger partial charge in [-0.2, -0.15) is 0 Å². The highest BCUT2D eigenvalue weighted by atomic mass is 32.2. The van der Waals surface area contributed by atoms with Gasteiger partial charge in [0.05, 0.1) is 28.0 Å². The van der Waals surface area contributed by atoms with Crippen molar-refractivity contribution in [3.63, 3.8) is 0 Å². The van der Waals surface area contributed by atoms with Gasteiger partial charge in [0.1, 0.15) is 5.75 Å². The van der Waals surface area contributed by atoms with Gasteiger partial charge < -0.3 is 9.64 Å². The molecule has 0 aliphatic rings. The summed E-state index contributed by atoms with van der Waals surface area (Å²) in [4.78, 5) is 22.2. The minimum atomic E-state index is -3.60. The zero-order valence-corrected chi connectivity index (χ0v) is 22.1. The Kier molecular flexibility index (Phi) is 8.67. The summed E-state index contributed by atoms with van der Waals surface area (Å²) in [6.07, 6.45) is -0.111. The Balaban J connectivity index is 1.83. The summed E-state index contributed by atoms with van der Waals surface area (Å²) in [5, 5.41) is 0.614. The van der Waals surface area contributed by atoms with Crippen LogP contribution >= 0.6 is 11.3 Å². The van der Waals surface area contributed by atoms with Crippen LogP contribution in [0.2, 0.25) is 0 Å². The molecule has 0 atom stereocenters. The summed E-state index contributed by atoms with van der Waals surface area (Å²) in [6, 6.07) is 10.3. The van der Waals surface area contributed by atoms with Gasteiger partial charge in [-0.3, -0.25) is 9.69 Å². The van der Waals surface area contributed by atoms with E-state index in [9.17, 15) is 13.2 Å². The Labute approximate surface area is 206 Å². The number of anilines is 1. The fourth-order valence-corrected chi connectivity index (χ4v) is 5.99. The summed E-state index contributed by atoms with van der Waals surface area (Å²) in [5.74, 6) is 0.0832. The van der Waals surface area contributed by atoms with E-state index < -0.39 is 9.84 Å². The predicted molar refractivity (Wildman–Crippen MR) is 139 cm³/mol. The summed E-state index contributed by atoms with van der Waals surface area (Å²) in [6.45, 7) is 11.2. The average molecular weight is 504 g/mol. The Bertz CT molecular complexity index is 1230. The number of fused-ring (bicyclic) bond motifs is 1. The monoisotopic (exact) mass is 503 g/mol. The molecule has 0 aliphatic heterocycles. The first-order chi connectivity index (χ1) is 16.2. The normalized spacial score (nSPS) is 11.8. The first-order valence-corrected chi connectivity index (χ1v) is 13.9. The van der Waals surface area contributed by atoms with Gasteiger partial charge in [0, 0.05) is 19.5 Å². The Morgan fingerprint density at radius 2 is 1.71 bits per heavy atom. The third-order valence-corrected chi connectivity index (χ3v) is 8.92. The number of sulfone groups is 1. The van der Waals surface area contributed by atoms with Crippen LogP contribution in [0.15, 0.2) is 41.3 Å². The highest BCUT2D eigenvalue weighted by Crippen LogP contribution is 2.32. The van der Waals surface area contributed by atoms with E-state index in [0.717, 1.165) is 34.4 Å². The largest absolute Gasteiger partial charge is 0.497 e. The van der Waals surface area contributed by atoms with Crippen molar-refractivity contribution in [2.75, 3.05) is 43.9 Å². The number of rotatable bonds is 11. The van der Waals surface area contributed by atoms with Crippen LogP contribution in [0, 0.1) is 13.8 Å². The summed E-state index contributed by atoms with van der Waals surface area (Å²) < 4.78 is 31.8. The van der Waals surface area contributed by atoms with Crippen LogP contribution in [-0.2, 0) is 14.6 Å². The molecule has 0 unspecified atom stereocenters. The minimum Gasteiger partial charge on any atom is -0.497 e. The zero-order chi connectivity index (χ0) is 24.9. The molecule has 0 N–H and O–H groups in total. The van der Waals surface area contributed by atoms with Gasteiger partial charge in [0.15, 0.2) is 15.0 Å². The fourth-order valence-electron chi connectivity index (χ4n) is 3.70. The molecule has 0 aliphatic carbocycles. The van der Waals surface area contributed by atoms with Crippen molar-refractivity contribution < 1.29 is 17.9 Å². The highest BCUT2D eigenvalue weighted by molar-refractivity contribution is 7.91. The number of aromatic nitrogens is 1. The van der Waals surface area contributed by atoms with E-state index in [0.29, 0.717) is 24.0 Å². The number of ether oxygens (including phenoxy) is 1. The number of hydrogen-bond donors (Lipinski definition) is 0. The van der Waals surface area contributed by atoms with Gasteiger partial charge in [-0.1, -0.05) is 31.3 Å². The zero-order valence-electron chi connectivity index (χ0n) is 20.5. The number of carbonyl (C=O) groups excluding carboxylic acids is 1. The van der Waals surface area contributed by atoms with Gasteiger partial charge in [-0.05, 0) is 68.4 Å². The second-order valence-corrected chi connectivity index (χ2v) is 11.3. The van der Waals surface area contributed by atoms with E-state index in [1.54, 1.807) is 17.0 Å². The van der Waals surface area contributed by atoms with Crippen LogP contribution in [0.25, 0.3) is 10.2 Å². The molecule has 9 heteroatoms. The maximum Gasteiger partial charge on any atom is 0.229 e. The van der Waals surface area contributed by atoms with E-state index in [-0.39, 0.29) is 23.0 Å². The Hall–Kier alpha value is -2.49. The molecule has 1 amide bonds. The molecule has 34 heavy (non-hydrogen) atoms. The number of methoxy groups -OCH3 is 1. The van der Waals surface area contributed by atoms with E-state index in [1.807, 2.05) is 19.9 Å². The first kappa shape index (κ1) is 26.1. The molecule has 0 saturated heterocycles. The van der Waals surface area contributed by atoms with E-state index >= 15 is 0 Å². The molecule has 3 rings (SSSR count). The molecule has 184 valence electrons. The summed E-state index contributed by atoms with van der Waals surface area (Å²) >= 11 is 1.47. The first-order valence-electron chi connectivity index (χ1n) is 11.5. The molecule has 2 aromatic carbocycles. The molecular formula is C25H33N3O4S2. The molecule has 1 heterocycles. The van der Waals surface area contributed by atoms with Crippen LogP contribution in [0.4, 0.5) is 5.13 Å². The smallest absolute Gasteiger partial charge is 0.229 e. The lowest BCUT2D eigenvalue weighted by Crippen LogP contribution is -2.39. The number of thiazole rings is 1. The summed E-state index contributed by atoms with van der Waals surface area (Å²) in [5.41, 5.74) is 3.14. The Morgan fingerprint density at radius 3 is 2.32 bits per heavy atom. The maximum absolute atomic E-state index is 13.3. The molecule has 3 aromatic rings. The van der Waals surface area contributed by atoms with Gasteiger partial charge in [0.2, 0.25) is 5.91 Å². The topological polar surface area (TPSA) is 79.8 Å². The number of likely N-dealkylation sites (N-methyl/N-ethyl adjacent to an activating group) is 1. The third kappa shape index (κ3) is 5.95. The van der Waals surface area contributed by atoms with Gasteiger partial charge >= 0.3 is 0 Å².